The van der Waals surface area contributed by atoms with Gasteiger partial charge in [0.1, 0.15) is 0 Å². The van der Waals surface area contributed by atoms with Gasteiger partial charge in [0, 0.05) is 24.9 Å². The van der Waals surface area contributed by atoms with E-state index in [9.17, 15) is 8.42 Å². The van der Waals surface area contributed by atoms with Gasteiger partial charge in [-0.15, -0.1) is 0 Å². The van der Waals surface area contributed by atoms with E-state index in [0.717, 1.165) is 5.69 Å². The van der Waals surface area contributed by atoms with Crippen LogP contribution in [0.3, 0.4) is 0 Å². The molecule has 0 saturated carbocycles. The smallest absolute Gasteiger partial charge is 0.240 e. The van der Waals surface area contributed by atoms with Crippen molar-refractivity contribution < 1.29 is 13.5 Å². The van der Waals surface area contributed by atoms with E-state index in [-0.39, 0.29) is 18.0 Å². The van der Waals surface area contributed by atoms with E-state index in [2.05, 4.69) is 9.71 Å². The monoisotopic (exact) mass is 306 g/mol. The molecule has 0 aliphatic carbocycles. The molecule has 2 N–H and O–H groups in total. The highest BCUT2D eigenvalue weighted by Crippen LogP contribution is 2.17. The number of hydrogen-bond acceptors (Lipinski definition) is 4. The van der Waals surface area contributed by atoms with Crippen LogP contribution < -0.4 is 4.72 Å². The van der Waals surface area contributed by atoms with Crippen molar-refractivity contribution in [1.29, 1.82) is 0 Å². The van der Waals surface area contributed by atoms with Crippen molar-refractivity contribution in [2.75, 3.05) is 6.54 Å². The summed E-state index contributed by atoms with van der Waals surface area (Å²) in [7, 11) is -3.58. The number of rotatable bonds is 6. The lowest BCUT2D eigenvalue weighted by Crippen LogP contribution is -2.27. The molecule has 0 amide bonds. The van der Waals surface area contributed by atoms with E-state index in [4.69, 9.17) is 5.11 Å². The zero-order chi connectivity index (χ0) is 15.3. The number of hydrogen-bond donors (Lipinski definition) is 2. The van der Waals surface area contributed by atoms with E-state index < -0.39 is 10.0 Å². The summed E-state index contributed by atoms with van der Waals surface area (Å²) in [5, 5.41) is 9.12. The van der Waals surface area contributed by atoms with Gasteiger partial charge in [-0.2, -0.15) is 0 Å². The average Bonchev–Trinajstić information content (AvgIpc) is 2.48. The van der Waals surface area contributed by atoms with E-state index in [1.807, 2.05) is 18.2 Å². The van der Waals surface area contributed by atoms with Crippen LogP contribution in [0.1, 0.15) is 16.8 Å². The van der Waals surface area contributed by atoms with Gasteiger partial charge in [-0.25, -0.2) is 13.1 Å². The van der Waals surface area contributed by atoms with Crippen molar-refractivity contribution in [3.63, 3.8) is 0 Å². The van der Waals surface area contributed by atoms with Gasteiger partial charge in [0.15, 0.2) is 0 Å². The summed E-state index contributed by atoms with van der Waals surface area (Å²) in [6.07, 6.45) is 2.21. The minimum atomic E-state index is -3.58. The number of aromatic nitrogens is 1. The first-order valence-electron chi connectivity index (χ1n) is 6.63. The first-order valence-corrected chi connectivity index (χ1v) is 8.11. The zero-order valence-corrected chi connectivity index (χ0v) is 12.6. The van der Waals surface area contributed by atoms with Crippen molar-refractivity contribution in [2.45, 2.75) is 24.8 Å². The molecule has 0 bridgehead atoms. The maximum atomic E-state index is 12.3. The van der Waals surface area contributed by atoms with Crippen LogP contribution in [-0.2, 0) is 23.1 Å². The van der Waals surface area contributed by atoms with E-state index in [1.165, 1.54) is 6.07 Å². The Morgan fingerprint density at radius 3 is 2.71 bits per heavy atom. The lowest BCUT2D eigenvalue weighted by atomic mass is 10.2. The third kappa shape index (κ3) is 4.10. The molecule has 21 heavy (non-hydrogen) atoms. The van der Waals surface area contributed by atoms with Crippen molar-refractivity contribution in [3.8, 4) is 0 Å². The number of aliphatic hydroxyl groups is 1. The maximum absolute atomic E-state index is 12.3. The molecular weight excluding hydrogens is 288 g/mol. The van der Waals surface area contributed by atoms with Crippen LogP contribution in [0.5, 0.6) is 0 Å². The SMILES string of the molecule is Cc1ccc(CO)cc1S(=O)(=O)NCCc1ccccn1. The van der Waals surface area contributed by atoms with Gasteiger partial charge < -0.3 is 5.11 Å². The van der Waals surface area contributed by atoms with Crippen LogP contribution in [0.4, 0.5) is 0 Å². The Hall–Kier alpha value is -1.76. The van der Waals surface area contributed by atoms with E-state index >= 15 is 0 Å². The highest BCUT2D eigenvalue weighted by atomic mass is 32.2. The number of pyridine rings is 1. The molecule has 5 nitrogen and oxygen atoms in total. The summed E-state index contributed by atoms with van der Waals surface area (Å²) in [4.78, 5) is 4.35. The summed E-state index contributed by atoms with van der Waals surface area (Å²) in [5.74, 6) is 0. The predicted molar refractivity (Wildman–Crippen MR) is 80.2 cm³/mol. The van der Waals surface area contributed by atoms with Gasteiger partial charge in [0.2, 0.25) is 10.0 Å². The summed E-state index contributed by atoms with van der Waals surface area (Å²) in [5.41, 5.74) is 2.06. The molecule has 2 rings (SSSR count). The largest absolute Gasteiger partial charge is 0.392 e. The molecular formula is C15H18N2O3S. The van der Waals surface area contributed by atoms with Gasteiger partial charge in [-0.1, -0.05) is 18.2 Å². The van der Waals surface area contributed by atoms with Gasteiger partial charge in [0.05, 0.1) is 11.5 Å². The second-order valence-electron chi connectivity index (χ2n) is 4.73. The van der Waals surface area contributed by atoms with Crippen molar-refractivity contribution in [2.24, 2.45) is 0 Å². The normalized spacial score (nSPS) is 11.5. The standard InChI is InChI=1S/C15H18N2O3S/c1-12-5-6-13(11-18)10-15(12)21(19,20)17-9-7-14-4-2-3-8-16-14/h2-6,8,10,17-18H,7,9,11H2,1H3. The van der Waals surface area contributed by atoms with E-state index in [1.54, 1.807) is 25.3 Å². The Balaban J connectivity index is 2.08. The Morgan fingerprint density at radius 1 is 1.24 bits per heavy atom. The van der Waals surface area contributed by atoms with Gasteiger partial charge in [-0.05, 0) is 36.2 Å². The molecule has 0 saturated heterocycles. The highest BCUT2D eigenvalue weighted by Gasteiger charge is 2.16. The number of nitrogens with one attached hydrogen (secondary N) is 1. The molecule has 1 aromatic heterocycles. The fourth-order valence-electron chi connectivity index (χ4n) is 1.97. The molecule has 0 aliphatic rings. The van der Waals surface area contributed by atoms with Crippen molar-refractivity contribution in [3.05, 3.63) is 59.4 Å². The van der Waals surface area contributed by atoms with Crippen LogP contribution in [0.25, 0.3) is 0 Å². The van der Waals surface area contributed by atoms with Crippen molar-refractivity contribution in [1.82, 2.24) is 9.71 Å². The maximum Gasteiger partial charge on any atom is 0.240 e. The van der Waals surface area contributed by atoms with Crippen molar-refractivity contribution >= 4 is 10.0 Å². The summed E-state index contributed by atoms with van der Waals surface area (Å²) < 4.78 is 27.2. The molecule has 1 aromatic carbocycles. The average molecular weight is 306 g/mol. The molecule has 1 heterocycles. The summed E-state index contributed by atoms with van der Waals surface area (Å²) in [6.45, 7) is 1.83. The summed E-state index contributed by atoms with van der Waals surface area (Å²) in [6, 6.07) is 10.4. The van der Waals surface area contributed by atoms with Crippen LogP contribution in [0.2, 0.25) is 0 Å². The number of nitrogens with zero attached hydrogens (tertiary/aromatic N) is 1. The molecule has 112 valence electrons. The Kier molecular flexibility index (Phi) is 5.06. The van der Waals surface area contributed by atoms with Gasteiger partial charge >= 0.3 is 0 Å². The van der Waals surface area contributed by atoms with Crippen LogP contribution in [0, 0.1) is 6.92 Å². The summed E-state index contributed by atoms with van der Waals surface area (Å²) >= 11 is 0. The fraction of sp³-hybridized carbons (Fsp3) is 0.267. The molecule has 0 radical (unpaired) electrons. The predicted octanol–water partition coefficient (Wildman–Crippen LogP) is 1.40. The molecule has 2 aromatic rings. The zero-order valence-electron chi connectivity index (χ0n) is 11.8. The third-order valence-corrected chi connectivity index (χ3v) is 4.73. The highest BCUT2D eigenvalue weighted by molar-refractivity contribution is 7.89. The van der Waals surface area contributed by atoms with Gasteiger partial charge in [-0.3, -0.25) is 4.98 Å². The van der Waals surface area contributed by atoms with Crippen LogP contribution >= 0.6 is 0 Å². The molecule has 0 spiro atoms. The third-order valence-electron chi connectivity index (χ3n) is 3.12. The fourth-order valence-corrected chi connectivity index (χ4v) is 3.29. The second-order valence-corrected chi connectivity index (χ2v) is 6.46. The number of benzene rings is 1. The second kappa shape index (κ2) is 6.80. The quantitative estimate of drug-likeness (QED) is 0.845. The Morgan fingerprint density at radius 2 is 2.05 bits per heavy atom. The molecule has 6 heteroatoms. The first-order chi connectivity index (χ1) is 10.0. The first kappa shape index (κ1) is 15.6. The lowest BCUT2D eigenvalue weighted by molar-refractivity contribution is 0.281. The number of aliphatic hydroxyl groups excluding tert-OH is 1. The molecule has 0 unspecified atom stereocenters. The number of aryl methyl sites for hydroxylation is 1. The molecule has 0 fully saturated rings. The topological polar surface area (TPSA) is 79.3 Å². The molecule has 0 aliphatic heterocycles. The number of sulfonamides is 1. The Bertz CT molecular complexity index is 700. The van der Waals surface area contributed by atoms with Crippen LogP contribution in [-0.4, -0.2) is 25.1 Å². The molecule has 0 atom stereocenters. The lowest BCUT2D eigenvalue weighted by Gasteiger charge is -2.10. The van der Waals surface area contributed by atoms with Crippen LogP contribution in [0.15, 0.2) is 47.5 Å². The Labute approximate surface area is 124 Å². The minimum Gasteiger partial charge on any atom is -0.392 e. The van der Waals surface area contributed by atoms with Gasteiger partial charge in [0.25, 0.3) is 0 Å². The van der Waals surface area contributed by atoms with E-state index in [0.29, 0.717) is 17.5 Å². The minimum absolute atomic E-state index is 0.184.